The fourth-order valence-corrected chi connectivity index (χ4v) is 1.77. The highest BCUT2D eigenvalue weighted by Gasteiger charge is 2.41. The first-order valence-corrected chi connectivity index (χ1v) is 6.20. The maximum atomic E-state index is 11.9. The molecule has 0 aliphatic rings. The lowest BCUT2D eigenvalue weighted by atomic mass is 9.84. The van der Waals surface area contributed by atoms with Gasteiger partial charge in [0.1, 0.15) is 5.41 Å². The van der Waals surface area contributed by atoms with Gasteiger partial charge in [-0.2, -0.15) is 0 Å². The lowest BCUT2D eigenvalue weighted by Gasteiger charge is -2.23. The Labute approximate surface area is 112 Å². The van der Waals surface area contributed by atoms with Gasteiger partial charge >= 0.3 is 5.97 Å². The summed E-state index contributed by atoms with van der Waals surface area (Å²) in [5.74, 6) is -0.578. The van der Waals surface area contributed by atoms with Crippen LogP contribution in [0.1, 0.15) is 25.0 Å². The van der Waals surface area contributed by atoms with Gasteiger partial charge < -0.3 is 4.74 Å². The maximum Gasteiger partial charge on any atom is 0.321 e. The van der Waals surface area contributed by atoms with Crippen molar-refractivity contribution in [2.24, 2.45) is 5.41 Å². The molecule has 1 rings (SSSR count). The molecule has 0 amide bonds. The number of aryl methyl sites for hydroxylation is 1. The second-order valence-electron chi connectivity index (χ2n) is 4.49. The molecular formula is C14H17ClO3. The Balaban J connectivity index is 2.96. The average molecular weight is 269 g/mol. The van der Waals surface area contributed by atoms with Crippen molar-refractivity contribution in [2.45, 2.75) is 27.2 Å². The molecule has 18 heavy (non-hydrogen) atoms. The van der Waals surface area contributed by atoms with Gasteiger partial charge in [-0.25, -0.2) is 0 Å². The number of hydrogen-bond acceptors (Lipinski definition) is 3. The Kier molecular flexibility index (Phi) is 4.91. The average Bonchev–Trinajstić information content (AvgIpc) is 2.32. The van der Waals surface area contributed by atoms with E-state index in [-0.39, 0.29) is 13.0 Å². The fourth-order valence-electron chi connectivity index (χ4n) is 1.63. The summed E-state index contributed by atoms with van der Waals surface area (Å²) in [6, 6.07) is 7.62. The van der Waals surface area contributed by atoms with Crippen LogP contribution >= 0.6 is 11.6 Å². The number of rotatable bonds is 5. The minimum absolute atomic E-state index is 0.229. The monoisotopic (exact) mass is 268 g/mol. The van der Waals surface area contributed by atoms with E-state index in [1.165, 1.54) is 6.92 Å². The largest absolute Gasteiger partial charge is 0.465 e. The van der Waals surface area contributed by atoms with Gasteiger partial charge in [-0.05, 0) is 44.4 Å². The quantitative estimate of drug-likeness (QED) is 0.469. The predicted octanol–water partition coefficient (Wildman–Crippen LogP) is 2.87. The van der Waals surface area contributed by atoms with Gasteiger partial charge in [0.2, 0.25) is 5.24 Å². The molecule has 0 N–H and O–H groups in total. The van der Waals surface area contributed by atoms with Crippen LogP contribution in [0.2, 0.25) is 0 Å². The molecule has 0 aromatic heterocycles. The van der Waals surface area contributed by atoms with Crippen molar-refractivity contribution in [3.05, 3.63) is 35.4 Å². The summed E-state index contributed by atoms with van der Waals surface area (Å²) in [4.78, 5) is 23.4. The standard InChI is InChI=1S/C14H17ClO3/c1-4-18-13(17)14(3,12(15)16)9-11-7-5-10(2)6-8-11/h5-8H,4,9H2,1-3H3. The van der Waals surface area contributed by atoms with Crippen LogP contribution in [0.3, 0.4) is 0 Å². The second kappa shape index (κ2) is 6.01. The number of carbonyl (C=O) groups excluding carboxylic acids is 2. The zero-order chi connectivity index (χ0) is 13.8. The highest BCUT2D eigenvalue weighted by molar-refractivity contribution is 6.66. The minimum Gasteiger partial charge on any atom is -0.465 e. The summed E-state index contributed by atoms with van der Waals surface area (Å²) >= 11 is 5.56. The molecule has 1 aromatic carbocycles. The lowest BCUT2D eigenvalue weighted by Crippen LogP contribution is -2.37. The molecule has 0 radical (unpaired) electrons. The Hall–Kier alpha value is -1.35. The molecule has 0 aliphatic carbocycles. The van der Waals surface area contributed by atoms with Gasteiger partial charge in [-0.1, -0.05) is 29.8 Å². The fraction of sp³-hybridized carbons (Fsp3) is 0.429. The van der Waals surface area contributed by atoms with E-state index < -0.39 is 16.6 Å². The predicted molar refractivity (Wildman–Crippen MR) is 70.5 cm³/mol. The smallest absolute Gasteiger partial charge is 0.321 e. The van der Waals surface area contributed by atoms with Crippen molar-refractivity contribution in [3.63, 3.8) is 0 Å². The van der Waals surface area contributed by atoms with Crippen molar-refractivity contribution >= 4 is 22.8 Å². The molecule has 98 valence electrons. The van der Waals surface area contributed by atoms with Crippen molar-refractivity contribution in [1.29, 1.82) is 0 Å². The molecule has 1 atom stereocenters. The molecule has 0 aliphatic heterocycles. The molecule has 0 heterocycles. The number of carbonyl (C=O) groups is 2. The third-order valence-corrected chi connectivity index (χ3v) is 3.26. The Bertz CT molecular complexity index is 439. The summed E-state index contributed by atoms with van der Waals surface area (Å²) in [6.07, 6.45) is 0.244. The van der Waals surface area contributed by atoms with Crippen molar-refractivity contribution in [2.75, 3.05) is 6.61 Å². The number of esters is 1. The van der Waals surface area contributed by atoms with Crippen molar-refractivity contribution < 1.29 is 14.3 Å². The first-order valence-electron chi connectivity index (χ1n) is 5.83. The third-order valence-electron chi connectivity index (χ3n) is 2.84. The summed E-state index contributed by atoms with van der Waals surface area (Å²) < 4.78 is 4.92. The summed E-state index contributed by atoms with van der Waals surface area (Å²) in [5, 5.41) is -0.693. The molecule has 0 spiro atoms. The normalized spacial score (nSPS) is 13.8. The van der Waals surface area contributed by atoms with E-state index in [1.54, 1.807) is 6.92 Å². The molecule has 3 nitrogen and oxygen atoms in total. The minimum atomic E-state index is -1.33. The Morgan fingerprint density at radius 3 is 2.28 bits per heavy atom. The van der Waals surface area contributed by atoms with Crippen molar-refractivity contribution in [3.8, 4) is 0 Å². The summed E-state index contributed by atoms with van der Waals surface area (Å²) in [6.45, 7) is 5.41. The number of ether oxygens (including phenoxy) is 1. The Morgan fingerprint density at radius 2 is 1.83 bits per heavy atom. The van der Waals surface area contributed by atoms with E-state index in [9.17, 15) is 9.59 Å². The third kappa shape index (κ3) is 3.33. The highest BCUT2D eigenvalue weighted by atomic mass is 35.5. The SMILES string of the molecule is CCOC(=O)C(C)(Cc1ccc(C)cc1)C(=O)Cl. The van der Waals surface area contributed by atoms with Crippen LogP contribution in [0, 0.1) is 12.3 Å². The molecule has 4 heteroatoms. The summed E-state index contributed by atoms with van der Waals surface area (Å²) in [5.41, 5.74) is 0.672. The Morgan fingerprint density at radius 1 is 1.28 bits per heavy atom. The van der Waals surface area contributed by atoms with Crippen LogP contribution in [0.4, 0.5) is 0 Å². The molecule has 1 aromatic rings. The summed E-state index contributed by atoms with van der Waals surface area (Å²) in [7, 11) is 0. The first kappa shape index (κ1) is 14.7. The molecule has 0 fully saturated rings. The topological polar surface area (TPSA) is 43.4 Å². The van der Waals surface area contributed by atoms with Crippen LogP contribution in [-0.2, 0) is 20.7 Å². The number of halogens is 1. The van der Waals surface area contributed by atoms with Gasteiger partial charge in [0.25, 0.3) is 0 Å². The van der Waals surface area contributed by atoms with E-state index in [1.807, 2.05) is 31.2 Å². The zero-order valence-corrected chi connectivity index (χ0v) is 11.6. The number of hydrogen-bond donors (Lipinski definition) is 0. The lowest BCUT2D eigenvalue weighted by molar-refractivity contribution is -0.156. The first-order chi connectivity index (χ1) is 8.40. The van der Waals surface area contributed by atoms with Crippen LogP contribution in [0.15, 0.2) is 24.3 Å². The van der Waals surface area contributed by atoms with Crippen LogP contribution < -0.4 is 0 Å². The van der Waals surface area contributed by atoms with Gasteiger partial charge in [-0.3, -0.25) is 9.59 Å². The van der Waals surface area contributed by atoms with Gasteiger partial charge in [-0.15, -0.1) is 0 Å². The van der Waals surface area contributed by atoms with E-state index >= 15 is 0 Å². The zero-order valence-electron chi connectivity index (χ0n) is 10.8. The van der Waals surface area contributed by atoms with Crippen LogP contribution in [-0.4, -0.2) is 17.8 Å². The maximum absolute atomic E-state index is 11.9. The molecule has 1 unspecified atom stereocenters. The van der Waals surface area contributed by atoms with Crippen LogP contribution in [0.25, 0.3) is 0 Å². The number of benzene rings is 1. The van der Waals surface area contributed by atoms with Crippen LogP contribution in [0.5, 0.6) is 0 Å². The van der Waals surface area contributed by atoms with Crippen molar-refractivity contribution in [1.82, 2.24) is 0 Å². The second-order valence-corrected chi connectivity index (χ2v) is 4.83. The molecular weight excluding hydrogens is 252 g/mol. The van der Waals surface area contributed by atoms with E-state index in [4.69, 9.17) is 16.3 Å². The van der Waals surface area contributed by atoms with E-state index in [0.717, 1.165) is 11.1 Å². The highest BCUT2D eigenvalue weighted by Crippen LogP contribution is 2.27. The van der Waals surface area contributed by atoms with Gasteiger partial charge in [0.15, 0.2) is 0 Å². The van der Waals surface area contributed by atoms with Gasteiger partial charge in [0, 0.05) is 0 Å². The molecule has 0 saturated carbocycles. The molecule has 0 bridgehead atoms. The van der Waals surface area contributed by atoms with E-state index in [0.29, 0.717) is 0 Å². The molecule has 0 saturated heterocycles. The van der Waals surface area contributed by atoms with Gasteiger partial charge in [0.05, 0.1) is 6.61 Å². The van der Waals surface area contributed by atoms with E-state index in [2.05, 4.69) is 0 Å².